The molecule has 0 atom stereocenters. The molecular formula is C20H26N4O3. The van der Waals surface area contributed by atoms with Crippen LogP contribution in [0.2, 0.25) is 0 Å². The number of rotatable bonds is 7. The predicted molar refractivity (Wildman–Crippen MR) is 106 cm³/mol. The largest absolute Gasteiger partial charge is 0.495 e. The fraction of sp³-hybridized carbons (Fsp3) is 0.400. The van der Waals surface area contributed by atoms with E-state index in [-0.39, 0.29) is 5.91 Å². The molecule has 1 aliphatic heterocycles. The van der Waals surface area contributed by atoms with E-state index in [1.54, 1.807) is 19.5 Å². The Balaban J connectivity index is 1.59. The first-order valence-corrected chi connectivity index (χ1v) is 9.11. The van der Waals surface area contributed by atoms with Gasteiger partial charge in [-0.3, -0.25) is 14.7 Å². The number of pyridine rings is 1. The molecule has 2 heterocycles. The van der Waals surface area contributed by atoms with Gasteiger partial charge in [0.15, 0.2) is 0 Å². The quantitative estimate of drug-likeness (QED) is 0.780. The van der Waals surface area contributed by atoms with Crippen molar-refractivity contribution in [3.05, 3.63) is 47.8 Å². The van der Waals surface area contributed by atoms with E-state index in [1.165, 1.54) is 0 Å². The zero-order valence-corrected chi connectivity index (χ0v) is 15.8. The third-order valence-electron chi connectivity index (χ3n) is 4.46. The molecule has 7 heteroatoms. The fourth-order valence-electron chi connectivity index (χ4n) is 2.96. The Bertz CT molecular complexity index is 776. The van der Waals surface area contributed by atoms with Gasteiger partial charge >= 0.3 is 0 Å². The van der Waals surface area contributed by atoms with Crippen molar-refractivity contribution in [2.75, 3.05) is 57.1 Å². The Morgan fingerprint density at radius 3 is 2.85 bits per heavy atom. The predicted octanol–water partition coefficient (Wildman–Crippen LogP) is 2.40. The Morgan fingerprint density at radius 2 is 2.07 bits per heavy atom. The first kappa shape index (κ1) is 19.1. The number of nitrogens with zero attached hydrogens (tertiary/aromatic N) is 2. The number of amides is 1. The average molecular weight is 370 g/mol. The summed E-state index contributed by atoms with van der Waals surface area (Å²) in [6.45, 7) is 7.19. The normalized spacial score (nSPS) is 14.6. The van der Waals surface area contributed by atoms with Crippen molar-refractivity contribution in [1.29, 1.82) is 0 Å². The van der Waals surface area contributed by atoms with Crippen molar-refractivity contribution in [3.8, 4) is 5.75 Å². The molecule has 0 spiro atoms. The van der Waals surface area contributed by atoms with Crippen LogP contribution < -0.4 is 15.4 Å². The fourth-order valence-corrected chi connectivity index (χ4v) is 2.96. The van der Waals surface area contributed by atoms with Crippen molar-refractivity contribution < 1.29 is 14.3 Å². The molecule has 0 bridgehead atoms. The molecule has 1 aromatic heterocycles. The number of methoxy groups -OCH3 is 1. The molecule has 7 nitrogen and oxygen atoms in total. The number of hydrogen-bond acceptors (Lipinski definition) is 6. The second-order valence-corrected chi connectivity index (χ2v) is 6.50. The maximum atomic E-state index is 12.6. The highest BCUT2D eigenvalue weighted by Crippen LogP contribution is 2.25. The average Bonchev–Trinajstić information content (AvgIpc) is 2.69. The van der Waals surface area contributed by atoms with Gasteiger partial charge in [0, 0.05) is 38.6 Å². The van der Waals surface area contributed by atoms with Crippen LogP contribution in [0.1, 0.15) is 15.9 Å². The van der Waals surface area contributed by atoms with Gasteiger partial charge in [0.2, 0.25) is 0 Å². The molecule has 2 N–H and O–H groups in total. The molecule has 1 aromatic carbocycles. The van der Waals surface area contributed by atoms with Gasteiger partial charge < -0.3 is 20.1 Å². The number of carbonyl (C=O) groups excluding carboxylic acids is 1. The van der Waals surface area contributed by atoms with Gasteiger partial charge in [-0.25, -0.2) is 0 Å². The molecule has 27 heavy (non-hydrogen) atoms. The third-order valence-corrected chi connectivity index (χ3v) is 4.46. The van der Waals surface area contributed by atoms with Crippen molar-refractivity contribution in [1.82, 2.24) is 9.88 Å². The number of benzene rings is 1. The lowest BCUT2D eigenvalue weighted by molar-refractivity contribution is 0.0398. The van der Waals surface area contributed by atoms with E-state index in [4.69, 9.17) is 9.47 Å². The number of aromatic nitrogens is 1. The molecule has 144 valence electrons. The summed E-state index contributed by atoms with van der Waals surface area (Å²) in [6.07, 6.45) is 3.29. The summed E-state index contributed by atoms with van der Waals surface area (Å²) in [4.78, 5) is 19.1. The third kappa shape index (κ3) is 5.42. The molecule has 2 aromatic rings. The zero-order chi connectivity index (χ0) is 19.1. The lowest BCUT2D eigenvalue weighted by Crippen LogP contribution is -2.39. The van der Waals surface area contributed by atoms with Crippen LogP contribution in [0.15, 0.2) is 36.7 Å². The highest BCUT2D eigenvalue weighted by atomic mass is 16.5. The molecule has 1 aliphatic rings. The standard InChI is InChI=1S/C20H26N4O3/c1-15-3-4-19(26-2)18(11-15)23-20(25)16-12-17(14-21-13-16)22-5-6-24-7-9-27-10-8-24/h3-4,11-14,22H,5-10H2,1-2H3,(H,23,25). The second-order valence-electron chi connectivity index (χ2n) is 6.50. The van der Waals surface area contributed by atoms with Crippen molar-refractivity contribution in [3.63, 3.8) is 0 Å². The van der Waals surface area contributed by atoms with Gasteiger partial charge in [-0.15, -0.1) is 0 Å². The number of nitrogens with one attached hydrogen (secondary N) is 2. The van der Waals surface area contributed by atoms with Crippen LogP contribution in [0, 0.1) is 6.92 Å². The summed E-state index contributed by atoms with van der Waals surface area (Å²) in [5.74, 6) is 0.407. The van der Waals surface area contributed by atoms with Crippen LogP contribution in [-0.2, 0) is 4.74 Å². The smallest absolute Gasteiger partial charge is 0.257 e. The maximum absolute atomic E-state index is 12.6. The van der Waals surface area contributed by atoms with Gasteiger partial charge in [0.25, 0.3) is 5.91 Å². The lowest BCUT2D eigenvalue weighted by Gasteiger charge is -2.26. The summed E-state index contributed by atoms with van der Waals surface area (Å²) in [6, 6.07) is 7.47. The van der Waals surface area contributed by atoms with Crippen LogP contribution in [-0.4, -0.2) is 62.3 Å². The van der Waals surface area contributed by atoms with Crippen LogP contribution in [0.3, 0.4) is 0 Å². The first-order chi connectivity index (χ1) is 13.2. The zero-order valence-electron chi connectivity index (χ0n) is 15.8. The van der Waals surface area contributed by atoms with E-state index >= 15 is 0 Å². The summed E-state index contributed by atoms with van der Waals surface area (Å²) in [5, 5.41) is 6.23. The highest BCUT2D eigenvalue weighted by Gasteiger charge is 2.12. The van der Waals surface area contributed by atoms with E-state index in [0.717, 1.165) is 50.6 Å². The van der Waals surface area contributed by atoms with Crippen molar-refractivity contribution in [2.24, 2.45) is 0 Å². The molecular weight excluding hydrogens is 344 g/mol. The topological polar surface area (TPSA) is 75.7 Å². The molecule has 1 amide bonds. The van der Waals surface area contributed by atoms with E-state index in [1.807, 2.05) is 31.2 Å². The molecule has 1 fully saturated rings. The van der Waals surface area contributed by atoms with Crippen molar-refractivity contribution >= 4 is 17.3 Å². The van der Waals surface area contributed by atoms with E-state index < -0.39 is 0 Å². The Morgan fingerprint density at radius 1 is 1.26 bits per heavy atom. The minimum atomic E-state index is -0.219. The summed E-state index contributed by atoms with van der Waals surface area (Å²) in [5.41, 5.74) is 3.01. The second kappa shape index (κ2) is 9.34. The molecule has 1 saturated heterocycles. The minimum absolute atomic E-state index is 0.219. The Hall–Kier alpha value is -2.64. The van der Waals surface area contributed by atoms with Gasteiger partial charge in [-0.2, -0.15) is 0 Å². The van der Waals surface area contributed by atoms with Crippen LogP contribution in [0.4, 0.5) is 11.4 Å². The summed E-state index contributed by atoms with van der Waals surface area (Å²) in [7, 11) is 1.58. The minimum Gasteiger partial charge on any atom is -0.495 e. The summed E-state index contributed by atoms with van der Waals surface area (Å²) >= 11 is 0. The maximum Gasteiger partial charge on any atom is 0.257 e. The number of morpholine rings is 1. The van der Waals surface area contributed by atoms with Gasteiger partial charge in [0.1, 0.15) is 5.75 Å². The molecule has 3 rings (SSSR count). The van der Waals surface area contributed by atoms with Gasteiger partial charge in [-0.1, -0.05) is 6.07 Å². The van der Waals surface area contributed by atoms with E-state index in [0.29, 0.717) is 17.0 Å². The first-order valence-electron chi connectivity index (χ1n) is 9.11. The SMILES string of the molecule is COc1ccc(C)cc1NC(=O)c1cncc(NCCN2CCOCC2)c1. The Kier molecular flexibility index (Phi) is 6.62. The van der Waals surface area contributed by atoms with Crippen LogP contribution in [0.5, 0.6) is 5.75 Å². The summed E-state index contributed by atoms with van der Waals surface area (Å²) < 4.78 is 10.7. The van der Waals surface area contributed by atoms with Gasteiger partial charge in [0.05, 0.1) is 37.3 Å². The molecule has 0 aliphatic carbocycles. The number of carbonyl (C=O) groups is 1. The van der Waals surface area contributed by atoms with Gasteiger partial charge in [-0.05, 0) is 30.7 Å². The number of hydrogen-bond donors (Lipinski definition) is 2. The lowest BCUT2D eigenvalue weighted by atomic mass is 10.2. The molecule has 0 unspecified atom stereocenters. The van der Waals surface area contributed by atoms with Crippen LogP contribution >= 0.6 is 0 Å². The van der Waals surface area contributed by atoms with Crippen LogP contribution in [0.25, 0.3) is 0 Å². The number of ether oxygens (including phenoxy) is 2. The number of aryl methyl sites for hydroxylation is 1. The highest BCUT2D eigenvalue weighted by molar-refractivity contribution is 6.05. The molecule has 0 radical (unpaired) electrons. The molecule has 0 saturated carbocycles. The van der Waals surface area contributed by atoms with E-state index in [9.17, 15) is 4.79 Å². The monoisotopic (exact) mass is 370 g/mol. The van der Waals surface area contributed by atoms with Crippen molar-refractivity contribution in [2.45, 2.75) is 6.92 Å². The number of anilines is 2. The van der Waals surface area contributed by atoms with E-state index in [2.05, 4.69) is 20.5 Å². The Labute approximate surface area is 159 Å².